The number of aliphatic hydroxyl groups excluding tert-OH is 1. The van der Waals surface area contributed by atoms with E-state index < -0.39 is 76.1 Å². The van der Waals surface area contributed by atoms with Crippen molar-refractivity contribution < 1.29 is 49.8 Å². The Balaban J connectivity index is 1.67. The number of pyridine rings is 3. The first kappa shape index (κ1) is 26.7. The quantitative estimate of drug-likeness (QED) is 0.370. The molecule has 3 aromatic rings. The fourth-order valence-corrected chi connectivity index (χ4v) is 4.30. The Bertz CT molecular complexity index is 1510. The van der Waals surface area contributed by atoms with Gasteiger partial charge in [0.25, 0.3) is 5.91 Å². The minimum atomic E-state index is -5.95. The summed E-state index contributed by atoms with van der Waals surface area (Å²) in [4.78, 5) is 34.9. The molecule has 0 aliphatic carbocycles. The molecule has 5 rings (SSSR count). The maximum atomic E-state index is 14.7. The third-order valence-corrected chi connectivity index (χ3v) is 6.10. The molecule has 9 nitrogen and oxygen atoms in total. The van der Waals surface area contributed by atoms with Crippen molar-refractivity contribution in [1.29, 1.82) is 0 Å². The highest BCUT2D eigenvalue weighted by Gasteiger charge is 2.57. The van der Waals surface area contributed by atoms with E-state index in [2.05, 4.69) is 9.97 Å². The molecule has 2 N–H and O–H groups in total. The van der Waals surface area contributed by atoms with Crippen molar-refractivity contribution in [2.45, 2.75) is 43.3 Å². The minimum absolute atomic E-state index is 0.0594. The van der Waals surface area contributed by atoms with E-state index in [9.17, 15) is 49.8 Å². The van der Waals surface area contributed by atoms with E-state index in [0.29, 0.717) is 29.4 Å². The van der Waals surface area contributed by atoms with Crippen LogP contribution in [0.5, 0.6) is 0 Å². The monoisotopic (exact) mass is 565 g/mol. The number of hydrogen-bond acceptors (Lipinski definition) is 7. The molecule has 2 aliphatic rings. The minimum Gasteiger partial charge on any atom is -0.391 e. The zero-order valence-electron chi connectivity index (χ0n) is 19.1. The van der Waals surface area contributed by atoms with Gasteiger partial charge < -0.3 is 20.1 Å². The summed E-state index contributed by atoms with van der Waals surface area (Å²) in [5, 5.41) is 10.3. The molecular weight excluding hydrogens is 550 g/mol. The maximum absolute atomic E-state index is 14.7. The molecule has 0 radical (unpaired) electrons. The van der Waals surface area contributed by atoms with Gasteiger partial charge in [-0.3, -0.25) is 14.2 Å². The average Bonchev–Trinajstić information content (AvgIpc) is 3.60. The Kier molecular flexibility index (Phi) is 6.25. The lowest BCUT2D eigenvalue weighted by Crippen LogP contribution is -2.55. The number of nitrogens with one attached hydrogen (secondary N) is 1. The molecule has 2 unspecified atom stereocenters. The molecule has 1 amide bonds. The maximum Gasteiger partial charge on any atom is 0.417 e. The number of amides is 1. The first-order chi connectivity index (χ1) is 18.1. The summed E-state index contributed by atoms with van der Waals surface area (Å²) in [7, 11) is 0. The van der Waals surface area contributed by atoms with E-state index in [4.69, 9.17) is 4.74 Å². The van der Waals surface area contributed by atoms with Gasteiger partial charge in [0.1, 0.15) is 23.3 Å². The molecule has 2 aliphatic heterocycles. The normalized spacial score (nSPS) is 21.3. The van der Waals surface area contributed by atoms with Crippen LogP contribution in [0.4, 0.5) is 40.9 Å². The highest BCUT2D eigenvalue weighted by Crippen LogP contribution is 2.38. The lowest BCUT2D eigenvalue weighted by atomic mass is 10.1. The van der Waals surface area contributed by atoms with Gasteiger partial charge in [-0.05, 0) is 12.1 Å². The van der Waals surface area contributed by atoms with Crippen LogP contribution in [0.15, 0.2) is 35.4 Å². The van der Waals surface area contributed by atoms with Crippen molar-refractivity contribution in [2.75, 3.05) is 11.4 Å². The van der Waals surface area contributed by atoms with Crippen LogP contribution in [0, 0.1) is 11.6 Å². The van der Waals surface area contributed by atoms with E-state index in [1.54, 1.807) is 0 Å². The molecule has 0 spiro atoms. The van der Waals surface area contributed by atoms with Gasteiger partial charge in [-0.2, -0.15) is 26.3 Å². The van der Waals surface area contributed by atoms with E-state index in [1.165, 1.54) is 11.0 Å². The molecule has 17 heteroatoms. The third kappa shape index (κ3) is 4.98. The fourth-order valence-electron chi connectivity index (χ4n) is 4.30. The smallest absolute Gasteiger partial charge is 0.391 e. The van der Waals surface area contributed by atoms with Gasteiger partial charge in [-0.1, -0.05) is 0 Å². The predicted octanol–water partition coefficient (Wildman–Crippen LogP) is 2.58. The SMILES string of the molecule is O=C(NC(C(F)(F)F)C(F)(F)F)c1cn(-c2ncc(F)cc2F)c2nc(N3C[C@@H](O)CC4OC43)ccc2c1=O. The Morgan fingerprint density at radius 2 is 1.85 bits per heavy atom. The van der Waals surface area contributed by atoms with Crippen molar-refractivity contribution in [3.8, 4) is 5.82 Å². The molecule has 5 heterocycles. The number of aromatic nitrogens is 3. The number of piperidine rings is 1. The van der Waals surface area contributed by atoms with Crippen LogP contribution >= 0.6 is 0 Å². The van der Waals surface area contributed by atoms with Gasteiger partial charge >= 0.3 is 12.4 Å². The number of carbonyl (C=O) groups is 1. The number of β-amino-alcohol motifs (C(OH)–C–C–N with tert-alkyl or cyclic N) is 1. The van der Waals surface area contributed by atoms with Crippen LogP contribution in [0.1, 0.15) is 16.8 Å². The second kappa shape index (κ2) is 9.11. The summed E-state index contributed by atoms with van der Waals surface area (Å²) in [6.45, 7) is 0.0594. The van der Waals surface area contributed by atoms with Gasteiger partial charge in [-0.25, -0.2) is 18.7 Å². The van der Waals surface area contributed by atoms with E-state index >= 15 is 0 Å². The van der Waals surface area contributed by atoms with Gasteiger partial charge in [0.2, 0.25) is 11.5 Å². The van der Waals surface area contributed by atoms with E-state index in [1.807, 2.05) is 0 Å². The summed E-state index contributed by atoms with van der Waals surface area (Å²) in [5.74, 6) is -5.18. The molecule has 3 aromatic heterocycles. The molecule has 0 saturated carbocycles. The highest BCUT2D eigenvalue weighted by molar-refractivity contribution is 5.97. The third-order valence-electron chi connectivity index (χ3n) is 6.10. The van der Waals surface area contributed by atoms with Crippen LogP contribution < -0.4 is 15.6 Å². The highest BCUT2D eigenvalue weighted by atomic mass is 19.4. The molecule has 208 valence electrons. The van der Waals surface area contributed by atoms with Crippen molar-refractivity contribution >= 4 is 22.8 Å². The van der Waals surface area contributed by atoms with Crippen molar-refractivity contribution in [1.82, 2.24) is 19.9 Å². The van der Waals surface area contributed by atoms with Crippen LogP contribution in [-0.2, 0) is 4.74 Å². The number of epoxide rings is 1. The number of carbonyl (C=O) groups excluding carboxylic acids is 1. The number of nitrogens with zero attached hydrogens (tertiary/aromatic N) is 4. The van der Waals surface area contributed by atoms with E-state index in [0.717, 1.165) is 11.4 Å². The molecule has 0 bridgehead atoms. The van der Waals surface area contributed by atoms with Gasteiger partial charge in [0.15, 0.2) is 23.5 Å². The van der Waals surface area contributed by atoms with Crippen LogP contribution in [0.2, 0.25) is 0 Å². The summed E-state index contributed by atoms with van der Waals surface area (Å²) in [6.07, 6.45) is -12.1. The predicted molar refractivity (Wildman–Crippen MR) is 115 cm³/mol. The second-order valence-corrected chi connectivity index (χ2v) is 8.84. The second-order valence-electron chi connectivity index (χ2n) is 8.84. The number of aliphatic hydroxyl groups is 1. The Morgan fingerprint density at radius 3 is 2.49 bits per heavy atom. The fraction of sp³-hybridized carbons (Fsp3) is 0.364. The molecular formula is C22H15F8N5O4. The average molecular weight is 565 g/mol. The van der Waals surface area contributed by atoms with Crippen LogP contribution in [-0.4, -0.2) is 68.9 Å². The number of rotatable bonds is 4. The Labute approximate surface area is 211 Å². The van der Waals surface area contributed by atoms with Crippen molar-refractivity contribution in [3.05, 3.63) is 58.0 Å². The summed E-state index contributed by atoms with van der Waals surface area (Å²) in [5.41, 5.74) is -2.95. The number of halogens is 8. The number of fused-ring (bicyclic) bond motifs is 2. The first-order valence-electron chi connectivity index (χ1n) is 11.1. The molecule has 0 aromatic carbocycles. The lowest BCUT2D eigenvalue weighted by Gasteiger charge is -2.28. The van der Waals surface area contributed by atoms with Crippen LogP contribution in [0.3, 0.4) is 0 Å². The van der Waals surface area contributed by atoms with Gasteiger partial charge in [0.05, 0.1) is 17.7 Å². The largest absolute Gasteiger partial charge is 0.417 e. The van der Waals surface area contributed by atoms with Crippen molar-refractivity contribution in [2.24, 2.45) is 0 Å². The number of alkyl halides is 6. The van der Waals surface area contributed by atoms with Gasteiger partial charge in [-0.15, -0.1) is 0 Å². The zero-order valence-corrected chi connectivity index (χ0v) is 19.1. The molecule has 3 atom stereocenters. The first-order valence-corrected chi connectivity index (χ1v) is 11.1. The standard InChI is InChI=1S/C22H15F8N5O4/c23-8-3-12(24)17(31-5-8)35-7-11(18(38)33-20(21(25,26)27)22(28,29)30)15(37)10-1-2-14(32-16(10)35)34-6-9(36)4-13-19(34)39-13/h1-3,5,7,9,13,19-20,36H,4,6H2,(H,33,38)/t9-,13?,19?/m0/s1. The molecule has 2 fully saturated rings. The van der Waals surface area contributed by atoms with Gasteiger partial charge in [0, 0.05) is 25.2 Å². The summed E-state index contributed by atoms with van der Waals surface area (Å²) in [6, 6.07) is -1.62. The zero-order chi connectivity index (χ0) is 28.4. The van der Waals surface area contributed by atoms with Crippen molar-refractivity contribution in [3.63, 3.8) is 0 Å². The molecule has 2 saturated heterocycles. The number of hydrogen-bond donors (Lipinski definition) is 2. The number of anilines is 1. The summed E-state index contributed by atoms with van der Waals surface area (Å²) >= 11 is 0. The summed E-state index contributed by atoms with van der Waals surface area (Å²) < 4.78 is 112. The Morgan fingerprint density at radius 1 is 1.15 bits per heavy atom. The molecule has 39 heavy (non-hydrogen) atoms. The number of ether oxygens (including phenoxy) is 1. The van der Waals surface area contributed by atoms with E-state index in [-0.39, 0.29) is 18.5 Å². The lowest BCUT2D eigenvalue weighted by molar-refractivity contribution is -0.255. The topological polar surface area (TPSA) is 113 Å². The van der Waals surface area contributed by atoms with Crippen LogP contribution in [0.25, 0.3) is 16.9 Å². The Hall–Kier alpha value is -3.86.